The average Bonchev–Trinajstić information content (AvgIpc) is 2.76. The van der Waals surface area contributed by atoms with E-state index in [1.165, 1.54) is 37.9 Å². The van der Waals surface area contributed by atoms with Crippen molar-refractivity contribution in [2.75, 3.05) is 6.54 Å². The van der Waals surface area contributed by atoms with Gasteiger partial charge in [0.25, 0.3) is 0 Å². The fourth-order valence-electron chi connectivity index (χ4n) is 5.45. The van der Waals surface area contributed by atoms with Crippen LogP contribution in [0, 0.1) is 23.7 Å². The largest absolute Gasteiger partial charge is 0.330 e. The topological polar surface area (TPSA) is 56.7 Å². The molecule has 5 rings (SSSR count). The molecule has 4 saturated carbocycles. The second-order valence-electron chi connectivity index (χ2n) is 7.36. The Bertz CT molecular complexity index is 465. The highest BCUT2D eigenvalue weighted by Gasteiger charge is 2.50. The molecule has 110 valence electrons. The van der Waals surface area contributed by atoms with E-state index in [0.717, 1.165) is 48.9 Å². The Kier molecular flexibility index (Phi) is 3.09. The molecular weight excluding hydrogens is 248 g/mol. The minimum Gasteiger partial charge on any atom is -0.330 e. The van der Waals surface area contributed by atoms with Gasteiger partial charge in [-0.25, -0.2) is 4.98 Å². The lowest BCUT2D eigenvalue weighted by Crippen LogP contribution is -2.44. The Morgan fingerprint density at radius 3 is 2.35 bits per heavy atom. The van der Waals surface area contributed by atoms with Crippen LogP contribution in [0.15, 0.2) is 0 Å². The van der Waals surface area contributed by atoms with Crippen molar-refractivity contribution in [2.24, 2.45) is 36.5 Å². The van der Waals surface area contributed by atoms with Crippen molar-refractivity contribution in [3.05, 3.63) is 11.6 Å². The highest BCUT2D eigenvalue weighted by Crippen LogP contribution is 2.59. The van der Waals surface area contributed by atoms with Crippen molar-refractivity contribution in [2.45, 2.75) is 50.9 Å². The van der Waals surface area contributed by atoms with Crippen LogP contribution in [0.3, 0.4) is 0 Å². The van der Waals surface area contributed by atoms with Crippen molar-refractivity contribution < 1.29 is 0 Å². The van der Waals surface area contributed by atoms with Crippen LogP contribution in [0.2, 0.25) is 0 Å². The maximum atomic E-state index is 5.60. The second-order valence-corrected chi connectivity index (χ2v) is 7.36. The molecule has 0 spiro atoms. The van der Waals surface area contributed by atoms with E-state index in [0.29, 0.717) is 5.92 Å². The summed E-state index contributed by atoms with van der Waals surface area (Å²) < 4.78 is 2.07. The van der Waals surface area contributed by atoms with E-state index in [2.05, 4.69) is 16.8 Å². The van der Waals surface area contributed by atoms with Gasteiger partial charge in [0, 0.05) is 19.4 Å². The van der Waals surface area contributed by atoms with E-state index < -0.39 is 0 Å². The van der Waals surface area contributed by atoms with Crippen LogP contribution in [0.4, 0.5) is 0 Å². The Balaban J connectivity index is 1.59. The fraction of sp³-hybridized carbons (Fsp3) is 0.875. The third kappa shape index (κ3) is 2.00. The molecule has 2 N–H and O–H groups in total. The molecule has 0 aliphatic heterocycles. The first-order chi connectivity index (χ1) is 9.74. The third-order valence-electron chi connectivity index (χ3n) is 5.97. The number of aromatic nitrogens is 3. The van der Waals surface area contributed by atoms with Crippen LogP contribution in [0.1, 0.15) is 56.1 Å². The maximum Gasteiger partial charge on any atom is 0.151 e. The molecule has 4 aliphatic carbocycles. The van der Waals surface area contributed by atoms with Crippen molar-refractivity contribution >= 4 is 0 Å². The summed E-state index contributed by atoms with van der Waals surface area (Å²) in [6, 6.07) is 0. The molecule has 0 atom stereocenters. The van der Waals surface area contributed by atoms with Crippen molar-refractivity contribution in [3.8, 4) is 0 Å². The molecule has 1 aromatic heterocycles. The molecule has 4 aliphatic rings. The third-order valence-corrected chi connectivity index (χ3v) is 5.97. The van der Waals surface area contributed by atoms with Crippen LogP contribution in [-0.2, 0) is 13.5 Å². The summed E-state index contributed by atoms with van der Waals surface area (Å²) in [6.45, 7) is 0.728. The number of aryl methyl sites for hydroxylation is 2. The standard InChI is InChI=1S/C16H26N4/c1-20-16(18-14(19-20)3-2-4-17)15-12-6-10-5-11(8-12)9-13(15)7-10/h10-13,15H,2-9,17H2,1H3. The van der Waals surface area contributed by atoms with Gasteiger partial charge in [-0.05, 0) is 68.7 Å². The summed E-state index contributed by atoms with van der Waals surface area (Å²) in [5.74, 6) is 6.78. The Morgan fingerprint density at radius 2 is 1.75 bits per heavy atom. The van der Waals surface area contributed by atoms with E-state index in [9.17, 15) is 0 Å². The van der Waals surface area contributed by atoms with Gasteiger partial charge in [0.15, 0.2) is 5.82 Å². The first-order valence-electron chi connectivity index (χ1n) is 8.34. The summed E-state index contributed by atoms with van der Waals surface area (Å²) in [7, 11) is 2.08. The van der Waals surface area contributed by atoms with Crippen LogP contribution in [0.5, 0.6) is 0 Å². The normalized spacial score (nSPS) is 38.6. The van der Waals surface area contributed by atoms with Gasteiger partial charge < -0.3 is 5.73 Å². The van der Waals surface area contributed by atoms with Crippen molar-refractivity contribution in [1.82, 2.24) is 14.8 Å². The lowest BCUT2D eigenvalue weighted by Gasteiger charge is -2.53. The van der Waals surface area contributed by atoms with E-state index in [1.54, 1.807) is 0 Å². The molecule has 4 nitrogen and oxygen atoms in total. The van der Waals surface area contributed by atoms with Crippen LogP contribution in [-0.4, -0.2) is 21.3 Å². The fourth-order valence-corrected chi connectivity index (χ4v) is 5.45. The van der Waals surface area contributed by atoms with Crippen molar-refractivity contribution in [3.63, 3.8) is 0 Å². The average molecular weight is 274 g/mol. The van der Waals surface area contributed by atoms with Gasteiger partial charge in [-0.2, -0.15) is 5.10 Å². The molecule has 0 radical (unpaired) electrons. The SMILES string of the molecule is Cn1nc(CCCN)nc1C1C2CC3CC(C2)CC1C3. The minimum atomic E-state index is 0.687. The molecule has 0 unspecified atom stereocenters. The molecule has 0 saturated heterocycles. The quantitative estimate of drug-likeness (QED) is 0.916. The highest BCUT2D eigenvalue weighted by molar-refractivity contribution is 5.12. The smallest absolute Gasteiger partial charge is 0.151 e. The van der Waals surface area contributed by atoms with Gasteiger partial charge in [0.2, 0.25) is 0 Å². The Hall–Kier alpha value is -0.900. The number of hydrogen-bond donors (Lipinski definition) is 1. The molecule has 4 bridgehead atoms. The van der Waals surface area contributed by atoms with Crippen LogP contribution < -0.4 is 5.73 Å². The molecule has 1 heterocycles. The monoisotopic (exact) mass is 274 g/mol. The van der Waals surface area contributed by atoms with Gasteiger partial charge in [-0.1, -0.05) is 0 Å². The molecule has 0 amide bonds. The first kappa shape index (κ1) is 12.8. The maximum absolute atomic E-state index is 5.60. The summed E-state index contributed by atoms with van der Waals surface area (Å²) in [6.07, 6.45) is 9.22. The lowest BCUT2D eigenvalue weighted by atomic mass is 9.51. The zero-order valence-electron chi connectivity index (χ0n) is 12.5. The molecule has 1 aromatic rings. The van der Waals surface area contributed by atoms with Crippen LogP contribution in [0.25, 0.3) is 0 Å². The molecule has 4 fully saturated rings. The summed E-state index contributed by atoms with van der Waals surface area (Å²) in [5, 5.41) is 4.63. The van der Waals surface area contributed by atoms with Gasteiger partial charge in [0.1, 0.15) is 5.82 Å². The Morgan fingerprint density at radius 1 is 1.10 bits per heavy atom. The first-order valence-corrected chi connectivity index (χ1v) is 8.34. The summed E-state index contributed by atoms with van der Waals surface area (Å²) >= 11 is 0. The number of rotatable bonds is 4. The predicted molar refractivity (Wildman–Crippen MR) is 78.2 cm³/mol. The summed E-state index contributed by atoms with van der Waals surface area (Å²) in [4.78, 5) is 4.89. The van der Waals surface area contributed by atoms with Gasteiger partial charge in [0.05, 0.1) is 0 Å². The number of nitrogens with two attached hydrogens (primary N) is 1. The predicted octanol–water partition coefficient (Wildman–Crippen LogP) is 2.25. The van der Waals surface area contributed by atoms with Gasteiger partial charge >= 0.3 is 0 Å². The number of hydrogen-bond acceptors (Lipinski definition) is 3. The van der Waals surface area contributed by atoms with Gasteiger partial charge in [-0.3, -0.25) is 4.68 Å². The van der Waals surface area contributed by atoms with Crippen LogP contribution >= 0.6 is 0 Å². The zero-order valence-corrected chi connectivity index (χ0v) is 12.5. The minimum absolute atomic E-state index is 0.687. The van der Waals surface area contributed by atoms with E-state index in [-0.39, 0.29) is 0 Å². The molecule has 4 heteroatoms. The highest BCUT2D eigenvalue weighted by atomic mass is 15.3. The molecule has 0 aromatic carbocycles. The van der Waals surface area contributed by atoms with E-state index in [4.69, 9.17) is 10.7 Å². The number of nitrogens with zero attached hydrogens (tertiary/aromatic N) is 3. The summed E-state index contributed by atoms with van der Waals surface area (Å²) in [5.41, 5.74) is 5.60. The zero-order chi connectivity index (χ0) is 13.7. The molecular formula is C16H26N4. The van der Waals surface area contributed by atoms with Gasteiger partial charge in [-0.15, -0.1) is 0 Å². The molecule has 20 heavy (non-hydrogen) atoms. The Labute approximate surface area is 121 Å². The van der Waals surface area contributed by atoms with E-state index >= 15 is 0 Å². The second kappa shape index (κ2) is 4.83. The van der Waals surface area contributed by atoms with Crippen molar-refractivity contribution in [1.29, 1.82) is 0 Å². The lowest BCUT2D eigenvalue weighted by molar-refractivity contribution is -0.00678. The van der Waals surface area contributed by atoms with E-state index in [1.807, 2.05) is 0 Å².